The van der Waals surface area contributed by atoms with Gasteiger partial charge in [-0.15, -0.1) is 0 Å². The number of carbonyl (C=O) groups is 7. The van der Waals surface area contributed by atoms with Gasteiger partial charge in [-0.25, -0.2) is 0 Å². The third kappa shape index (κ3) is 73.2. The Morgan fingerprint density at radius 1 is 0.519 bits per heavy atom. The SMILES string of the molecule is CC.CCCC.CCCCCCC(C)C(=O)OCCC.CCCCCCC(C)CC.CCOC=O.[CH2-]C(C)C(=O)OCC(C)OC(=O)CCCN(CCCC(=O)OC(C)COC(=O)C(C)CCCCCC)C(=O)SCCCN(C)C.[V]. The molecule has 0 aliphatic heterocycles. The van der Waals surface area contributed by atoms with E-state index in [4.69, 9.17) is 23.7 Å². The smallest absolute Gasteiger partial charge is 0.308 e. The molecule has 0 bridgehead atoms. The van der Waals surface area contributed by atoms with E-state index in [0.29, 0.717) is 51.4 Å². The van der Waals surface area contributed by atoms with Crippen molar-refractivity contribution in [3.63, 3.8) is 0 Å². The second-order valence-electron chi connectivity index (χ2n) is 20.8. The van der Waals surface area contributed by atoms with Crippen LogP contribution in [0.3, 0.4) is 0 Å². The van der Waals surface area contributed by atoms with E-state index in [1.807, 2.05) is 48.7 Å². The molecule has 6 unspecified atom stereocenters. The van der Waals surface area contributed by atoms with E-state index in [0.717, 1.165) is 70.3 Å². The molecular weight excluding hydrogens is 1090 g/mol. The largest absolute Gasteiger partial charge is 0.468 e. The topological polar surface area (TPSA) is 181 Å². The maximum Gasteiger partial charge on any atom is 0.308 e. The van der Waals surface area contributed by atoms with Crippen LogP contribution in [-0.4, -0.2) is 129 Å². The summed E-state index contributed by atoms with van der Waals surface area (Å²) >= 11 is 1.22. The first kappa shape index (κ1) is 91.9. The van der Waals surface area contributed by atoms with Crippen LogP contribution < -0.4 is 0 Å². The number of carbonyl (C=O) groups excluding carboxylic acids is 7. The predicted molar refractivity (Wildman–Crippen MR) is 334 cm³/mol. The molecule has 15 nitrogen and oxygen atoms in total. The van der Waals surface area contributed by atoms with Crippen LogP contribution in [-0.2, 0) is 75.7 Å². The molecule has 0 saturated heterocycles. The number of hydrogen-bond acceptors (Lipinski definition) is 15. The Morgan fingerprint density at radius 2 is 0.938 bits per heavy atom. The van der Waals surface area contributed by atoms with Gasteiger partial charge in [0.05, 0.1) is 25.0 Å². The molecule has 0 aliphatic carbocycles. The van der Waals surface area contributed by atoms with Crippen LogP contribution in [0.25, 0.3) is 0 Å². The minimum atomic E-state index is -0.596. The monoisotopic (exact) mass is 1210 g/mol. The van der Waals surface area contributed by atoms with E-state index in [9.17, 15) is 33.6 Å². The fourth-order valence-electron chi connectivity index (χ4n) is 6.60. The summed E-state index contributed by atoms with van der Waals surface area (Å²) in [6.45, 7) is 38.7. The van der Waals surface area contributed by atoms with Crippen LogP contribution in [0.4, 0.5) is 4.79 Å². The normalized spacial score (nSPS) is 12.3. The minimum Gasteiger partial charge on any atom is -0.468 e. The van der Waals surface area contributed by atoms with Crippen molar-refractivity contribution in [1.29, 1.82) is 0 Å². The Morgan fingerprint density at radius 3 is 1.28 bits per heavy atom. The third-order valence-corrected chi connectivity index (χ3v) is 13.1. The van der Waals surface area contributed by atoms with Crippen LogP contribution in [0.5, 0.6) is 0 Å². The fourth-order valence-corrected chi connectivity index (χ4v) is 7.41. The van der Waals surface area contributed by atoms with Crippen molar-refractivity contribution in [2.75, 3.05) is 65.9 Å². The van der Waals surface area contributed by atoms with E-state index < -0.39 is 36.0 Å². The van der Waals surface area contributed by atoms with Crippen molar-refractivity contribution < 1.29 is 80.5 Å². The Labute approximate surface area is 514 Å². The number of esters is 5. The van der Waals surface area contributed by atoms with Crippen molar-refractivity contribution in [2.24, 2.45) is 23.7 Å². The molecule has 1 radical (unpaired) electrons. The molecule has 0 rings (SSSR count). The predicted octanol–water partition coefficient (Wildman–Crippen LogP) is 16.2. The summed E-state index contributed by atoms with van der Waals surface area (Å²) in [6.07, 6.45) is 23.7. The third-order valence-electron chi connectivity index (χ3n) is 12.1. The van der Waals surface area contributed by atoms with Crippen LogP contribution in [0.1, 0.15) is 265 Å². The summed E-state index contributed by atoms with van der Waals surface area (Å²) in [5.74, 6) is -0.643. The molecule has 81 heavy (non-hydrogen) atoms. The zero-order valence-electron chi connectivity index (χ0n) is 55.4. The van der Waals surface area contributed by atoms with Gasteiger partial charge in [0.25, 0.3) is 17.7 Å². The summed E-state index contributed by atoms with van der Waals surface area (Å²) in [7, 11) is 3.95. The van der Waals surface area contributed by atoms with Gasteiger partial charge in [-0.2, -0.15) is 0 Å². The number of rotatable bonds is 42. The summed E-state index contributed by atoms with van der Waals surface area (Å²) in [5.41, 5.74) is 0. The molecule has 0 saturated carbocycles. The molecule has 0 aliphatic rings. The summed E-state index contributed by atoms with van der Waals surface area (Å²) in [4.78, 5) is 85.7. The molecule has 0 aromatic carbocycles. The summed E-state index contributed by atoms with van der Waals surface area (Å²) in [6, 6.07) is 0. The zero-order valence-corrected chi connectivity index (χ0v) is 57.6. The first-order valence-electron chi connectivity index (χ1n) is 31.5. The van der Waals surface area contributed by atoms with Gasteiger partial charge >= 0.3 is 23.9 Å². The molecule has 1 amide bonds. The minimum absolute atomic E-state index is 0. The number of hydrogen-bond donors (Lipinski definition) is 0. The molecule has 0 aromatic rings. The molecule has 483 valence electrons. The van der Waals surface area contributed by atoms with Gasteiger partial charge in [-0.1, -0.05) is 210 Å². The van der Waals surface area contributed by atoms with Crippen molar-refractivity contribution in [3.05, 3.63) is 6.92 Å². The van der Waals surface area contributed by atoms with Gasteiger partial charge in [0, 0.05) is 50.2 Å². The van der Waals surface area contributed by atoms with E-state index in [-0.39, 0.29) is 73.6 Å². The quantitative estimate of drug-likeness (QED) is 0.0185. The number of nitrogens with zero attached hydrogens (tertiary/aromatic N) is 2. The molecule has 6 atom stereocenters. The van der Waals surface area contributed by atoms with Crippen LogP contribution in [0.2, 0.25) is 0 Å². The Hall–Kier alpha value is -2.82. The maximum absolute atomic E-state index is 12.9. The van der Waals surface area contributed by atoms with Gasteiger partial charge in [0.15, 0.2) is 0 Å². The molecule has 0 spiro atoms. The second kappa shape index (κ2) is 71.4. The van der Waals surface area contributed by atoms with Crippen molar-refractivity contribution >= 4 is 53.3 Å². The van der Waals surface area contributed by atoms with Gasteiger partial charge < -0.3 is 45.1 Å². The van der Waals surface area contributed by atoms with E-state index in [1.165, 1.54) is 82.4 Å². The molecule has 0 aromatic heterocycles. The Kier molecular flexibility index (Phi) is 81.1. The average Bonchev–Trinajstić information content (AvgIpc) is 3.43. The van der Waals surface area contributed by atoms with Crippen molar-refractivity contribution in [1.82, 2.24) is 9.80 Å². The first-order chi connectivity index (χ1) is 38.1. The molecular formula is C64H127N2O13SV-. The molecule has 0 fully saturated rings. The van der Waals surface area contributed by atoms with Crippen LogP contribution >= 0.6 is 11.8 Å². The average molecular weight is 1220 g/mol. The number of amides is 1. The molecule has 0 N–H and O–H groups in total. The van der Waals surface area contributed by atoms with Gasteiger partial charge in [0.2, 0.25) is 0 Å². The van der Waals surface area contributed by atoms with Crippen LogP contribution in [0, 0.1) is 30.6 Å². The van der Waals surface area contributed by atoms with Gasteiger partial charge in [-0.3, -0.25) is 33.6 Å². The molecule has 0 heterocycles. The van der Waals surface area contributed by atoms with Crippen LogP contribution in [0.15, 0.2) is 0 Å². The Balaban J connectivity index is -0.000000244. The van der Waals surface area contributed by atoms with Crippen molar-refractivity contribution in [3.8, 4) is 0 Å². The van der Waals surface area contributed by atoms with Gasteiger partial charge in [0.1, 0.15) is 25.4 Å². The zero-order chi connectivity index (χ0) is 62.4. The maximum atomic E-state index is 12.9. The summed E-state index contributed by atoms with van der Waals surface area (Å²) < 4.78 is 30.3. The number of unbranched alkanes of at least 4 members (excludes halogenated alkanes) is 10. The van der Waals surface area contributed by atoms with E-state index in [2.05, 4.69) is 65.0 Å². The number of thioether (sulfide) groups is 1. The van der Waals surface area contributed by atoms with Crippen molar-refractivity contribution in [2.45, 2.75) is 277 Å². The summed E-state index contributed by atoms with van der Waals surface area (Å²) in [5, 5.41) is -0.109. The molecule has 17 heteroatoms. The van der Waals surface area contributed by atoms with E-state index in [1.54, 1.807) is 32.6 Å². The fraction of sp³-hybridized carbons (Fsp3) is 0.875. The standard InChI is InChI=1S/C33H59N2O9S.C12H24O2.C10H22.C4H10.C3H6O2.C2H6.V/c1-9-10-11-12-16-26(4)32(39)42-24-28(6)44-30(37)18-14-21-35(33(40)45-22-15-19-34(7)8)20-13-17-29(36)43-27(5)23-41-31(38)25(2)3;1-4-6-7-8-9-11(3)12(13)14-10-5-2;1-4-6-7-8-9-10(3)5-2;1-3-4-2;1-2-5-3-4;1-2;/h25-28H,2,9-24H2,1,3-8H3;11H,4-10H2,1-3H3;10H,4-9H2,1-3H3;3-4H2,1-2H3;3H,2H2,1H3;1-2H3;/q-1;;;;;;. The Bertz CT molecular complexity index is 1410. The van der Waals surface area contributed by atoms with E-state index >= 15 is 0 Å². The van der Waals surface area contributed by atoms with Gasteiger partial charge in [-0.05, 0) is 85.9 Å². The second-order valence-corrected chi connectivity index (χ2v) is 21.9. The first-order valence-corrected chi connectivity index (χ1v) is 32.4. The number of ether oxygens (including phenoxy) is 6.